The highest BCUT2D eigenvalue weighted by Gasteiger charge is 2.20. The van der Waals surface area contributed by atoms with E-state index in [1.54, 1.807) is 14.2 Å². The van der Waals surface area contributed by atoms with Crippen LogP contribution in [0.4, 0.5) is 0 Å². The fourth-order valence-electron chi connectivity index (χ4n) is 2.78. The van der Waals surface area contributed by atoms with Gasteiger partial charge in [-0.15, -0.1) is 0 Å². The van der Waals surface area contributed by atoms with E-state index in [-0.39, 0.29) is 0 Å². The van der Waals surface area contributed by atoms with E-state index in [1.807, 2.05) is 6.07 Å². The van der Waals surface area contributed by atoms with Crippen molar-refractivity contribution in [3.05, 3.63) is 35.5 Å². The Morgan fingerprint density at radius 3 is 2.65 bits per heavy atom. The number of aryl methyl sites for hydroxylation is 2. The monoisotopic (exact) mass is 268 g/mol. The average Bonchev–Trinajstić information content (AvgIpc) is 2.89. The van der Waals surface area contributed by atoms with Gasteiger partial charge in [-0.05, 0) is 35.7 Å². The summed E-state index contributed by atoms with van der Waals surface area (Å²) in [7, 11) is 3.30. The van der Waals surface area contributed by atoms with Crippen molar-refractivity contribution in [2.75, 3.05) is 14.2 Å². The number of rotatable bonds is 3. The van der Waals surface area contributed by atoms with Crippen LogP contribution >= 0.6 is 0 Å². The predicted octanol–water partition coefficient (Wildman–Crippen LogP) is 2.79. The van der Waals surface area contributed by atoms with Gasteiger partial charge in [0.15, 0.2) is 11.5 Å². The van der Waals surface area contributed by atoms with Crippen molar-refractivity contribution in [1.82, 2.24) is 4.57 Å². The number of hydrogen-bond acceptors (Lipinski definition) is 3. The summed E-state index contributed by atoms with van der Waals surface area (Å²) in [5.41, 5.74) is 4.64. The largest absolute Gasteiger partial charge is 0.493 e. The first-order chi connectivity index (χ1) is 9.76. The molecule has 4 nitrogen and oxygen atoms in total. The Kier molecular flexibility index (Phi) is 3.11. The zero-order chi connectivity index (χ0) is 14.1. The summed E-state index contributed by atoms with van der Waals surface area (Å²) in [6, 6.07) is 8.36. The van der Waals surface area contributed by atoms with Crippen LogP contribution in [-0.2, 0) is 19.4 Å². The fraction of sp³-hybridized carbons (Fsp3) is 0.312. The van der Waals surface area contributed by atoms with Crippen LogP contribution in [0.15, 0.2) is 24.4 Å². The first-order valence-corrected chi connectivity index (χ1v) is 6.58. The minimum Gasteiger partial charge on any atom is -0.493 e. The molecule has 0 atom stereocenters. The van der Waals surface area contributed by atoms with E-state index in [0.29, 0.717) is 6.42 Å². The van der Waals surface area contributed by atoms with Gasteiger partial charge in [0.2, 0.25) is 0 Å². The maximum absolute atomic E-state index is 8.83. The summed E-state index contributed by atoms with van der Waals surface area (Å²) in [6.07, 6.45) is 3.48. The normalized spacial score (nSPS) is 12.2. The van der Waals surface area contributed by atoms with Crippen molar-refractivity contribution < 1.29 is 9.47 Å². The molecule has 1 aromatic heterocycles. The van der Waals surface area contributed by atoms with E-state index in [9.17, 15) is 0 Å². The summed E-state index contributed by atoms with van der Waals surface area (Å²) < 4.78 is 13.0. The molecule has 2 heterocycles. The van der Waals surface area contributed by atoms with Gasteiger partial charge in [0.25, 0.3) is 0 Å². The third kappa shape index (κ3) is 1.92. The van der Waals surface area contributed by atoms with Crippen LogP contribution < -0.4 is 9.47 Å². The number of nitrogens with zero attached hydrogens (tertiary/aromatic N) is 2. The summed E-state index contributed by atoms with van der Waals surface area (Å²) in [4.78, 5) is 0. The summed E-state index contributed by atoms with van der Waals surface area (Å²) in [5, 5.41) is 8.83. The lowest BCUT2D eigenvalue weighted by Gasteiger charge is -2.21. The Labute approximate surface area is 118 Å². The molecule has 3 rings (SSSR count). The standard InChI is InChI=1S/C16H16N2O2/c1-19-15-8-12-4-6-18-10-11(3-5-17)7-14(18)13(12)9-16(15)20-2/h7-10H,3-4,6H2,1-2H3. The molecule has 1 aliphatic heterocycles. The summed E-state index contributed by atoms with van der Waals surface area (Å²) >= 11 is 0. The number of methoxy groups -OCH3 is 2. The average molecular weight is 268 g/mol. The minimum absolute atomic E-state index is 0.447. The van der Waals surface area contributed by atoms with Crippen LogP contribution in [0.5, 0.6) is 11.5 Å². The summed E-state index contributed by atoms with van der Waals surface area (Å²) in [5.74, 6) is 1.51. The van der Waals surface area contributed by atoms with E-state index < -0.39 is 0 Å². The van der Waals surface area contributed by atoms with Gasteiger partial charge in [-0.25, -0.2) is 0 Å². The van der Waals surface area contributed by atoms with Crippen LogP contribution in [0.1, 0.15) is 11.1 Å². The molecule has 0 aliphatic carbocycles. The molecule has 0 unspecified atom stereocenters. The Morgan fingerprint density at radius 2 is 1.95 bits per heavy atom. The van der Waals surface area contributed by atoms with Gasteiger partial charge in [-0.3, -0.25) is 0 Å². The van der Waals surface area contributed by atoms with Gasteiger partial charge in [0.1, 0.15) is 0 Å². The maximum Gasteiger partial charge on any atom is 0.161 e. The van der Waals surface area contributed by atoms with E-state index in [4.69, 9.17) is 14.7 Å². The van der Waals surface area contributed by atoms with Crippen molar-refractivity contribution in [2.45, 2.75) is 19.4 Å². The molecule has 20 heavy (non-hydrogen) atoms. The molecule has 0 N–H and O–H groups in total. The zero-order valence-electron chi connectivity index (χ0n) is 11.6. The number of ether oxygens (including phenoxy) is 2. The van der Waals surface area contributed by atoms with Crippen LogP contribution in [-0.4, -0.2) is 18.8 Å². The van der Waals surface area contributed by atoms with Gasteiger partial charge in [0.05, 0.1) is 26.7 Å². The molecule has 0 fully saturated rings. The molecule has 0 bridgehead atoms. The second kappa shape index (κ2) is 4.93. The van der Waals surface area contributed by atoms with E-state index >= 15 is 0 Å². The van der Waals surface area contributed by atoms with Crippen molar-refractivity contribution in [1.29, 1.82) is 5.26 Å². The molecule has 1 aliphatic rings. The van der Waals surface area contributed by atoms with Crippen LogP contribution in [0.25, 0.3) is 11.3 Å². The van der Waals surface area contributed by atoms with E-state index in [0.717, 1.165) is 41.3 Å². The third-order valence-corrected chi connectivity index (χ3v) is 3.74. The minimum atomic E-state index is 0.447. The molecular weight excluding hydrogens is 252 g/mol. The molecule has 0 amide bonds. The number of benzene rings is 1. The van der Waals surface area contributed by atoms with Crippen LogP contribution in [0, 0.1) is 11.3 Å². The first kappa shape index (κ1) is 12.6. The van der Waals surface area contributed by atoms with Gasteiger partial charge in [-0.1, -0.05) is 0 Å². The fourth-order valence-corrected chi connectivity index (χ4v) is 2.78. The Morgan fingerprint density at radius 1 is 1.20 bits per heavy atom. The highest BCUT2D eigenvalue weighted by atomic mass is 16.5. The first-order valence-electron chi connectivity index (χ1n) is 6.58. The molecule has 0 spiro atoms. The quantitative estimate of drug-likeness (QED) is 0.860. The highest BCUT2D eigenvalue weighted by molar-refractivity contribution is 5.71. The van der Waals surface area contributed by atoms with Gasteiger partial charge >= 0.3 is 0 Å². The second-order valence-corrected chi connectivity index (χ2v) is 4.88. The van der Waals surface area contributed by atoms with Crippen LogP contribution in [0.2, 0.25) is 0 Å². The molecule has 4 heteroatoms. The lowest BCUT2D eigenvalue weighted by molar-refractivity contribution is 0.354. The zero-order valence-corrected chi connectivity index (χ0v) is 11.6. The molecule has 1 aromatic carbocycles. The second-order valence-electron chi connectivity index (χ2n) is 4.88. The van der Waals surface area contributed by atoms with Crippen molar-refractivity contribution >= 4 is 0 Å². The highest BCUT2D eigenvalue weighted by Crippen LogP contribution is 2.39. The van der Waals surface area contributed by atoms with Crippen molar-refractivity contribution in [3.8, 4) is 28.8 Å². The number of hydrogen-bond donors (Lipinski definition) is 0. The summed E-state index contributed by atoms with van der Waals surface area (Å²) in [6.45, 7) is 0.934. The predicted molar refractivity (Wildman–Crippen MR) is 76.0 cm³/mol. The van der Waals surface area contributed by atoms with Crippen LogP contribution in [0.3, 0.4) is 0 Å². The van der Waals surface area contributed by atoms with Gasteiger partial charge in [-0.2, -0.15) is 5.26 Å². The topological polar surface area (TPSA) is 47.2 Å². The maximum atomic E-state index is 8.83. The van der Waals surface area contributed by atoms with Crippen molar-refractivity contribution in [2.24, 2.45) is 0 Å². The lowest BCUT2D eigenvalue weighted by Crippen LogP contribution is -2.10. The molecule has 0 radical (unpaired) electrons. The molecule has 2 aromatic rings. The van der Waals surface area contributed by atoms with Gasteiger partial charge < -0.3 is 14.0 Å². The number of aromatic nitrogens is 1. The lowest BCUT2D eigenvalue weighted by atomic mass is 9.97. The Hall–Kier alpha value is -2.41. The number of fused-ring (bicyclic) bond motifs is 3. The Bertz CT molecular complexity index is 695. The Balaban J connectivity index is 2.13. The van der Waals surface area contributed by atoms with E-state index in [2.05, 4.69) is 29.0 Å². The molecule has 102 valence electrons. The third-order valence-electron chi connectivity index (χ3n) is 3.74. The van der Waals surface area contributed by atoms with Gasteiger partial charge in [0, 0.05) is 24.0 Å². The number of nitriles is 1. The smallest absolute Gasteiger partial charge is 0.161 e. The molecular formula is C16H16N2O2. The van der Waals surface area contributed by atoms with E-state index in [1.165, 1.54) is 5.56 Å². The van der Waals surface area contributed by atoms with Crippen molar-refractivity contribution in [3.63, 3.8) is 0 Å². The molecule has 0 saturated heterocycles. The SMILES string of the molecule is COc1cc2c(cc1OC)-c1cc(CC#N)cn1CC2. The molecule has 0 saturated carbocycles.